The minimum atomic E-state index is 0.0901. The van der Waals surface area contributed by atoms with Gasteiger partial charge in [0.2, 0.25) is 5.91 Å². The molecule has 0 saturated carbocycles. The number of hydrogen-bond acceptors (Lipinski definition) is 2. The second-order valence-corrected chi connectivity index (χ2v) is 5.46. The second-order valence-electron chi connectivity index (χ2n) is 5.03. The minimum absolute atomic E-state index is 0.0901. The van der Waals surface area contributed by atoms with Gasteiger partial charge in [-0.25, -0.2) is 4.98 Å². The Bertz CT molecular complexity index is 577. The molecular formula is C16H20ClN3O. The van der Waals surface area contributed by atoms with Crippen molar-refractivity contribution in [2.75, 3.05) is 0 Å². The third kappa shape index (κ3) is 5.23. The van der Waals surface area contributed by atoms with Crippen LogP contribution in [-0.2, 0) is 17.9 Å². The average molecular weight is 306 g/mol. The van der Waals surface area contributed by atoms with E-state index in [0.717, 1.165) is 30.8 Å². The number of amides is 1. The molecule has 4 nitrogen and oxygen atoms in total. The van der Waals surface area contributed by atoms with Crippen LogP contribution in [0.2, 0.25) is 5.02 Å². The van der Waals surface area contributed by atoms with Gasteiger partial charge in [0.15, 0.2) is 0 Å². The highest BCUT2D eigenvalue weighted by Gasteiger charge is 2.02. The van der Waals surface area contributed by atoms with Crippen molar-refractivity contribution in [3.05, 3.63) is 53.1 Å². The Morgan fingerprint density at radius 2 is 2.05 bits per heavy atom. The van der Waals surface area contributed by atoms with Gasteiger partial charge in [0, 0.05) is 36.9 Å². The third-order valence-electron chi connectivity index (χ3n) is 3.38. The van der Waals surface area contributed by atoms with Crippen LogP contribution in [0.15, 0.2) is 36.7 Å². The molecule has 112 valence electrons. The van der Waals surface area contributed by atoms with E-state index in [9.17, 15) is 4.79 Å². The fraction of sp³-hybridized carbons (Fsp3) is 0.375. The molecule has 1 heterocycles. The lowest BCUT2D eigenvalue weighted by atomic mass is 10.2. The van der Waals surface area contributed by atoms with E-state index >= 15 is 0 Å². The molecule has 1 N–H and O–H groups in total. The van der Waals surface area contributed by atoms with Crippen molar-refractivity contribution >= 4 is 17.5 Å². The summed E-state index contributed by atoms with van der Waals surface area (Å²) in [5.41, 5.74) is 1.06. The monoisotopic (exact) mass is 305 g/mol. The van der Waals surface area contributed by atoms with E-state index in [2.05, 4.69) is 14.9 Å². The number of carbonyl (C=O) groups is 1. The number of imidazole rings is 1. The van der Waals surface area contributed by atoms with Crippen LogP contribution in [0, 0.1) is 6.92 Å². The molecule has 0 aliphatic rings. The lowest BCUT2D eigenvalue weighted by Crippen LogP contribution is -2.22. The molecule has 0 aliphatic carbocycles. The van der Waals surface area contributed by atoms with Crippen molar-refractivity contribution in [3.8, 4) is 0 Å². The zero-order valence-electron chi connectivity index (χ0n) is 12.2. The molecule has 0 fully saturated rings. The fourth-order valence-corrected chi connectivity index (χ4v) is 2.23. The first kappa shape index (κ1) is 15.6. The van der Waals surface area contributed by atoms with Gasteiger partial charge in [-0.15, -0.1) is 0 Å². The first-order chi connectivity index (χ1) is 10.1. The van der Waals surface area contributed by atoms with Gasteiger partial charge in [-0.1, -0.05) is 23.7 Å². The predicted molar refractivity (Wildman–Crippen MR) is 84.1 cm³/mol. The fourth-order valence-electron chi connectivity index (χ4n) is 2.10. The van der Waals surface area contributed by atoms with Crippen molar-refractivity contribution in [2.24, 2.45) is 0 Å². The molecule has 2 aromatic rings. The molecule has 1 amide bonds. The average Bonchev–Trinajstić information content (AvgIpc) is 2.88. The summed E-state index contributed by atoms with van der Waals surface area (Å²) in [5.74, 6) is 1.11. The maximum Gasteiger partial charge on any atom is 0.220 e. The van der Waals surface area contributed by atoms with Gasteiger partial charge in [0.1, 0.15) is 5.82 Å². The number of rotatable bonds is 7. The molecule has 0 unspecified atom stereocenters. The number of nitrogens with one attached hydrogen (secondary N) is 1. The summed E-state index contributed by atoms with van der Waals surface area (Å²) in [4.78, 5) is 15.9. The van der Waals surface area contributed by atoms with E-state index in [1.54, 1.807) is 6.20 Å². The summed E-state index contributed by atoms with van der Waals surface area (Å²) < 4.78 is 2.10. The highest BCUT2D eigenvalue weighted by Crippen LogP contribution is 2.09. The van der Waals surface area contributed by atoms with Gasteiger partial charge >= 0.3 is 0 Å². The van der Waals surface area contributed by atoms with E-state index in [-0.39, 0.29) is 5.91 Å². The van der Waals surface area contributed by atoms with Crippen molar-refractivity contribution in [1.29, 1.82) is 0 Å². The highest BCUT2D eigenvalue weighted by atomic mass is 35.5. The molecule has 1 aromatic heterocycles. The smallest absolute Gasteiger partial charge is 0.220 e. The standard InChI is InChI=1S/C16H20ClN3O/c1-13-18-9-11-20(13)10-3-2-4-16(21)19-12-14-5-7-15(17)8-6-14/h5-9,11H,2-4,10,12H2,1H3,(H,19,21). The Labute approximate surface area is 130 Å². The third-order valence-corrected chi connectivity index (χ3v) is 3.63. The molecule has 0 aliphatic heterocycles. The quantitative estimate of drug-likeness (QED) is 0.798. The van der Waals surface area contributed by atoms with E-state index < -0.39 is 0 Å². The first-order valence-electron chi connectivity index (χ1n) is 7.14. The van der Waals surface area contributed by atoms with E-state index in [1.807, 2.05) is 37.4 Å². The van der Waals surface area contributed by atoms with Gasteiger partial charge in [0.05, 0.1) is 0 Å². The molecule has 21 heavy (non-hydrogen) atoms. The van der Waals surface area contributed by atoms with E-state index in [0.29, 0.717) is 18.0 Å². The normalized spacial score (nSPS) is 10.6. The number of aryl methyl sites for hydroxylation is 2. The summed E-state index contributed by atoms with van der Waals surface area (Å²) in [5, 5.41) is 3.63. The Morgan fingerprint density at radius 1 is 1.29 bits per heavy atom. The number of hydrogen-bond donors (Lipinski definition) is 1. The van der Waals surface area contributed by atoms with Crippen LogP contribution in [-0.4, -0.2) is 15.5 Å². The Morgan fingerprint density at radius 3 is 2.71 bits per heavy atom. The highest BCUT2D eigenvalue weighted by molar-refractivity contribution is 6.30. The molecule has 0 bridgehead atoms. The summed E-state index contributed by atoms with van der Waals surface area (Å²) in [6.07, 6.45) is 6.18. The van der Waals surface area contributed by atoms with Gasteiger partial charge in [-0.3, -0.25) is 4.79 Å². The van der Waals surface area contributed by atoms with Crippen LogP contribution in [0.1, 0.15) is 30.7 Å². The van der Waals surface area contributed by atoms with Crippen molar-refractivity contribution in [2.45, 2.75) is 39.3 Å². The summed E-state index contributed by atoms with van der Waals surface area (Å²) in [6.45, 7) is 3.45. The number of nitrogens with zero attached hydrogens (tertiary/aromatic N) is 2. The molecular weight excluding hydrogens is 286 g/mol. The van der Waals surface area contributed by atoms with Crippen LogP contribution in [0.4, 0.5) is 0 Å². The number of benzene rings is 1. The van der Waals surface area contributed by atoms with E-state index in [1.165, 1.54) is 0 Å². The number of carbonyl (C=O) groups excluding carboxylic acids is 1. The van der Waals surface area contributed by atoms with Gasteiger partial charge < -0.3 is 9.88 Å². The van der Waals surface area contributed by atoms with Crippen LogP contribution in [0.5, 0.6) is 0 Å². The maximum absolute atomic E-state index is 11.8. The largest absolute Gasteiger partial charge is 0.352 e. The molecule has 1 aromatic carbocycles. The zero-order valence-corrected chi connectivity index (χ0v) is 12.9. The van der Waals surface area contributed by atoms with Crippen LogP contribution >= 0.6 is 11.6 Å². The maximum atomic E-state index is 11.8. The molecule has 5 heteroatoms. The number of halogens is 1. The lowest BCUT2D eigenvalue weighted by Gasteiger charge is -2.07. The molecule has 0 atom stereocenters. The van der Waals surface area contributed by atoms with Gasteiger partial charge in [-0.05, 0) is 37.5 Å². The lowest BCUT2D eigenvalue weighted by molar-refractivity contribution is -0.121. The Kier molecular flexibility index (Phi) is 5.81. The van der Waals surface area contributed by atoms with E-state index in [4.69, 9.17) is 11.6 Å². The SMILES string of the molecule is Cc1nccn1CCCCC(=O)NCc1ccc(Cl)cc1. The van der Waals surface area contributed by atoms with Gasteiger partial charge in [-0.2, -0.15) is 0 Å². The minimum Gasteiger partial charge on any atom is -0.352 e. The number of aromatic nitrogens is 2. The summed E-state index contributed by atoms with van der Waals surface area (Å²) >= 11 is 5.82. The summed E-state index contributed by atoms with van der Waals surface area (Å²) in [6, 6.07) is 7.50. The van der Waals surface area contributed by atoms with Crippen LogP contribution in [0.3, 0.4) is 0 Å². The second kappa shape index (κ2) is 7.84. The molecule has 0 saturated heterocycles. The number of unbranched alkanes of at least 4 members (excludes halogenated alkanes) is 1. The van der Waals surface area contributed by atoms with Crippen molar-refractivity contribution in [3.63, 3.8) is 0 Å². The topological polar surface area (TPSA) is 46.9 Å². The van der Waals surface area contributed by atoms with Crippen LogP contribution in [0.25, 0.3) is 0 Å². The predicted octanol–water partition coefficient (Wildman–Crippen LogP) is 3.33. The van der Waals surface area contributed by atoms with Crippen LogP contribution < -0.4 is 5.32 Å². The molecule has 0 radical (unpaired) electrons. The Hall–Kier alpha value is -1.81. The van der Waals surface area contributed by atoms with Crippen molar-refractivity contribution in [1.82, 2.24) is 14.9 Å². The zero-order chi connectivity index (χ0) is 15.1. The molecule has 2 rings (SSSR count). The molecule has 0 spiro atoms. The van der Waals surface area contributed by atoms with Gasteiger partial charge in [0.25, 0.3) is 0 Å². The summed E-state index contributed by atoms with van der Waals surface area (Å²) in [7, 11) is 0. The first-order valence-corrected chi connectivity index (χ1v) is 7.52. The Balaban J connectivity index is 1.61. The van der Waals surface area contributed by atoms with Crippen molar-refractivity contribution < 1.29 is 4.79 Å².